The minimum Gasteiger partial charge on any atom is -0.454 e. The smallest absolute Gasteiger partial charge is 0.232 e. The first-order chi connectivity index (χ1) is 15.6. The lowest BCUT2D eigenvalue weighted by atomic mass is 10.0. The van der Waals surface area contributed by atoms with Crippen molar-refractivity contribution in [2.45, 2.75) is 39.2 Å². The van der Waals surface area contributed by atoms with Gasteiger partial charge in [-0.3, -0.25) is 0 Å². The first kappa shape index (κ1) is 21.1. The van der Waals surface area contributed by atoms with Gasteiger partial charge < -0.3 is 29.9 Å². The fourth-order valence-corrected chi connectivity index (χ4v) is 4.69. The van der Waals surface area contributed by atoms with Crippen molar-refractivity contribution in [1.82, 2.24) is 15.3 Å². The van der Waals surface area contributed by atoms with Gasteiger partial charge in [-0.1, -0.05) is 13.0 Å². The number of rotatable bonds is 5. The molecule has 170 valence electrons. The van der Waals surface area contributed by atoms with Crippen LogP contribution in [-0.2, 0) is 6.54 Å². The first-order valence-corrected chi connectivity index (χ1v) is 11.9. The highest BCUT2D eigenvalue weighted by Crippen LogP contribution is 2.32. The average Bonchev–Trinajstić information content (AvgIpc) is 3.49. The summed E-state index contributed by atoms with van der Waals surface area (Å²) in [6, 6.07) is 8.03. The molecule has 3 aliphatic heterocycles. The zero-order valence-electron chi connectivity index (χ0n) is 18.5. The summed E-state index contributed by atoms with van der Waals surface area (Å²) < 4.78 is 10.8. The lowest BCUT2D eigenvalue weighted by Crippen LogP contribution is -2.35. The number of nitrogens with zero attached hydrogens (tertiary/aromatic N) is 4. The quantitative estimate of drug-likeness (QED) is 0.660. The Morgan fingerprint density at radius 2 is 1.78 bits per heavy atom. The number of aromatic nitrogens is 2. The number of benzene rings is 1. The van der Waals surface area contributed by atoms with Crippen LogP contribution in [0.25, 0.3) is 0 Å². The molecule has 0 amide bonds. The molecule has 8 nitrogen and oxygen atoms in total. The summed E-state index contributed by atoms with van der Waals surface area (Å²) in [4.78, 5) is 14.3. The van der Waals surface area contributed by atoms with E-state index in [0.29, 0.717) is 23.5 Å². The van der Waals surface area contributed by atoms with E-state index in [4.69, 9.17) is 31.7 Å². The van der Waals surface area contributed by atoms with E-state index in [0.717, 1.165) is 54.9 Å². The highest BCUT2D eigenvalue weighted by molar-refractivity contribution is 7.80. The number of hydrogen-bond acceptors (Lipinski definition) is 7. The Labute approximate surface area is 194 Å². The van der Waals surface area contributed by atoms with E-state index in [1.807, 2.05) is 18.2 Å². The fourth-order valence-electron chi connectivity index (χ4n) is 4.52. The second-order valence-corrected chi connectivity index (χ2v) is 9.20. The van der Waals surface area contributed by atoms with Crippen molar-refractivity contribution in [1.29, 1.82) is 0 Å². The molecule has 5 rings (SSSR count). The second kappa shape index (κ2) is 9.36. The molecule has 1 aromatic carbocycles. The number of nitrogens with one attached hydrogen (secondary N) is 2. The second-order valence-electron chi connectivity index (χ2n) is 8.79. The minimum atomic E-state index is 0.273. The van der Waals surface area contributed by atoms with Crippen molar-refractivity contribution in [2.24, 2.45) is 5.92 Å². The number of thiocarbonyl (C=S) groups is 1. The molecule has 2 N–H and O–H groups in total. The maximum Gasteiger partial charge on any atom is 0.232 e. The Morgan fingerprint density at radius 1 is 1.03 bits per heavy atom. The lowest BCUT2D eigenvalue weighted by molar-refractivity contribution is 0.174. The van der Waals surface area contributed by atoms with Gasteiger partial charge in [-0.15, -0.1) is 0 Å². The summed E-state index contributed by atoms with van der Waals surface area (Å²) >= 11 is 5.55. The summed E-state index contributed by atoms with van der Waals surface area (Å²) in [6.07, 6.45) is 4.89. The highest BCUT2D eigenvalue weighted by atomic mass is 32.1. The molecular weight excluding hydrogens is 424 g/mol. The van der Waals surface area contributed by atoms with Crippen molar-refractivity contribution < 1.29 is 9.47 Å². The van der Waals surface area contributed by atoms with Gasteiger partial charge in [0.05, 0.1) is 0 Å². The van der Waals surface area contributed by atoms with E-state index in [-0.39, 0.29) is 6.79 Å². The molecule has 2 aromatic rings. The topological polar surface area (TPSA) is 74.8 Å². The lowest BCUT2D eigenvalue weighted by Gasteiger charge is -2.32. The number of fused-ring (bicyclic) bond motifs is 1. The van der Waals surface area contributed by atoms with Gasteiger partial charge >= 0.3 is 0 Å². The number of anilines is 3. The van der Waals surface area contributed by atoms with Gasteiger partial charge in [-0.2, -0.15) is 9.97 Å². The van der Waals surface area contributed by atoms with Crippen molar-refractivity contribution in [2.75, 3.05) is 48.1 Å². The van der Waals surface area contributed by atoms with Crippen LogP contribution < -0.4 is 29.9 Å². The maximum atomic E-state index is 5.55. The monoisotopic (exact) mass is 454 g/mol. The van der Waals surface area contributed by atoms with Crippen LogP contribution in [0.4, 0.5) is 17.6 Å². The number of piperidine rings is 1. The van der Waals surface area contributed by atoms with Crippen LogP contribution in [-0.4, -0.2) is 48.1 Å². The van der Waals surface area contributed by atoms with E-state index in [2.05, 4.69) is 33.4 Å². The molecule has 0 radical (unpaired) electrons. The van der Waals surface area contributed by atoms with Crippen LogP contribution in [0.2, 0.25) is 0 Å². The SMILES string of the molecule is C[C@@H]1CCCN(c2cc(N3CCCC3)nc(NC(=S)NCc3ccc4c(c3)OCO4)n2)C1. The molecule has 1 aromatic heterocycles. The zero-order valence-corrected chi connectivity index (χ0v) is 19.3. The zero-order chi connectivity index (χ0) is 21.9. The van der Waals surface area contributed by atoms with Crippen LogP contribution in [0.1, 0.15) is 38.2 Å². The summed E-state index contributed by atoms with van der Waals surface area (Å²) in [5, 5.41) is 6.96. The Morgan fingerprint density at radius 3 is 2.59 bits per heavy atom. The van der Waals surface area contributed by atoms with Crippen LogP contribution in [0, 0.1) is 5.92 Å². The van der Waals surface area contributed by atoms with E-state index in [9.17, 15) is 0 Å². The molecule has 32 heavy (non-hydrogen) atoms. The van der Waals surface area contributed by atoms with E-state index in [1.165, 1.54) is 25.7 Å². The molecule has 2 fully saturated rings. The molecule has 4 heterocycles. The molecule has 0 spiro atoms. The molecule has 0 bridgehead atoms. The van der Waals surface area contributed by atoms with Crippen molar-refractivity contribution in [3.8, 4) is 11.5 Å². The molecule has 1 atom stereocenters. The predicted molar refractivity (Wildman–Crippen MR) is 130 cm³/mol. The summed E-state index contributed by atoms with van der Waals surface area (Å²) in [5.74, 6) is 4.73. The van der Waals surface area contributed by atoms with E-state index >= 15 is 0 Å². The van der Waals surface area contributed by atoms with Crippen LogP contribution in [0.3, 0.4) is 0 Å². The maximum absolute atomic E-state index is 5.55. The largest absolute Gasteiger partial charge is 0.454 e. The van der Waals surface area contributed by atoms with Crippen molar-refractivity contribution in [3.63, 3.8) is 0 Å². The van der Waals surface area contributed by atoms with Crippen LogP contribution in [0.15, 0.2) is 24.3 Å². The van der Waals surface area contributed by atoms with Crippen molar-refractivity contribution in [3.05, 3.63) is 29.8 Å². The van der Waals surface area contributed by atoms with Gasteiger partial charge in [-0.25, -0.2) is 0 Å². The summed E-state index contributed by atoms with van der Waals surface area (Å²) in [6.45, 7) is 7.30. The Kier molecular flexibility index (Phi) is 6.16. The van der Waals surface area contributed by atoms with Gasteiger partial charge in [0.15, 0.2) is 16.6 Å². The third kappa shape index (κ3) is 4.82. The molecule has 0 aliphatic carbocycles. The van der Waals surface area contributed by atoms with Crippen molar-refractivity contribution >= 4 is 34.9 Å². The highest BCUT2D eigenvalue weighted by Gasteiger charge is 2.22. The van der Waals surface area contributed by atoms with Gasteiger partial charge in [0.2, 0.25) is 12.7 Å². The number of hydrogen-bond donors (Lipinski definition) is 2. The average molecular weight is 455 g/mol. The standard InChI is InChI=1S/C23H30N6O2S/c1-16-5-4-10-29(14-16)21-12-20(28-8-2-3-9-28)25-22(26-21)27-23(32)24-13-17-6-7-18-19(11-17)31-15-30-18/h6-7,11-12,16H,2-5,8-10,13-15H2,1H3,(H2,24,25,26,27,32)/t16-/m1/s1. The Hall–Kier alpha value is -2.81. The van der Waals surface area contributed by atoms with Gasteiger partial charge in [0.1, 0.15) is 11.6 Å². The van der Waals surface area contributed by atoms with Gasteiger partial charge in [0.25, 0.3) is 0 Å². The van der Waals surface area contributed by atoms with Crippen LogP contribution >= 0.6 is 12.2 Å². The summed E-state index contributed by atoms with van der Waals surface area (Å²) in [7, 11) is 0. The molecule has 0 unspecified atom stereocenters. The van der Waals surface area contributed by atoms with Gasteiger partial charge in [-0.05, 0) is 61.5 Å². The Bertz CT molecular complexity index is 981. The molecule has 2 saturated heterocycles. The molecule has 3 aliphatic rings. The predicted octanol–water partition coefficient (Wildman–Crippen LogP) is 3.53. The third-order valence-electron chi connectivity index (χ3n) is 6.23. The minimum absolute atomic E-state index is 0.273. The summed E-state index contributed by atoms with van der Waals surface area (Å²) in [5.41, 5.74) is 1.06. The first-order valence-electron chi connectivity index (χ1n) is 11.5. The molecular formula is C23H30N6O2S. The number of ether oxygens (including phenoxy) is 2. The van der Waals surface area contributed by atoms with Gasteiger partial charge in [0, 0.05) is 38.8 Å². The fraction of sp³-hybridized carbons (Fsp3) is 0.522. The van der Waals surface area contributed by atoms with Crippen LogP contribution in [0.5, 0.6) is 11.5 Å². The third-order valence-corrected chi connectivity index (χ3v) is 6.47. The van der Waals surface area contributed by atoms with E-state index in [1.54, 1.807) is 0 Å². The normalized spacial score (nSPS) is 19.8. The molecule has 0 saturated carbocycles. The van der Waals surface area contributed by atoms with E-state index < -0.39 is 0 Å². The molecule has 9 heteroatoms. The Balaban J connectivity index is 1.28.